The van der Waals surface area contributed by atoms with E-state index in [0.29, 0.717) is 52.5 Å². The predicted octanol–water partition coefficient (Wildman–Crippen LogP) is 17.4. The van der Waals surface area contributed by atoms with Gasteiger partial charge in [-0.25, -0.2) is 0 Å². The van der Waals surface area contributed by atoms with Crippen LogP contribution in [-0.4, -0.2) is 11.3 Å². The molecule has 0 amide bonds. The summed E-state index contributed by atoms with van der Waals surface area (Å²) >= 11 is 0.363. The van der Waals surface area contributed by atoms with Crippen molar-refractivity contribution in [1.82, 2.24) is 0 Å². The Hall–Kier alpha value is -1.22. The van der Waals surface area contributed by atoms with Gasteiger partial charge in [-0.2, -0.15) is 0 Å². The molecule has 0 unspecified atom stereocenters. The first kappa shape index (κ1) is 45.5. The van der Waals surface area contributed by atoms with Gasteiger partial charge in [0.25, 0.3) is 0 Å². The first-order chi connectivity index (χ1) is 25.7. The smallest absolute Gasteiger partial charge is 0.00783 e. The van der Waals surface area contributed by atoms with Crippen molar-refractivity contribution < 1.29 is 17.0 Å². The van der Waals surface area contributed by atoms with E-state index in [4.69, 9.17) is 9.53 Å². The van der Waals surface area contributed by atoms with Crippen LogP contribution in [0.15, 0.2) is 55.1 Å². The maximum atomic E-state index is 5.28. The van der Waals surface area contributed by atoms with E-state index in [9.17, 15) is 0 Å². The van der Waals surface area contributed by atoms with E-state index in [1.807, 2.05) is 6.08 Å². The predicted molar refractivity (Wildman–Crippen MR) is 243 cm³/mol. The SMILES string of the molecule is C=C[CH2][Pd][Cl].CC(C)c1cc(C(C)C)c(-c2cccc(-c3c(C(C)C)cc(C(C)C)cc3C(C)C)c2P(C2CCCCC2)C2CCCCC2)c(C(C)C)c1. The summed E-state index contributed by atoms with van der Waals surface area (Å²) in [6.07, 6.45) is 16.1. The van der Waals surface area contributed by atoms with E-state index in [-0.39, 0.29) is 7.92 Å². The molecular weight excluding hydrogens is 785 g/mol. The number of allylic oxidation sites excluding steroid dienone is 1. The first-order valence-corrected chi connectivity index (χ1v) is 26.3. The van der Waals surface area contributed by atoms with Crippen molar-refractivity contribution in [3.63, 3.8) is 0 Å². The molecule has 0 nitrogen and oxygen atoms in total. The maximum Gasteiger partial charge on any atom is -0.00783 e. The van der Waals surface area contributed by atoms with Crippen LogP contribution in [0, 0.1) is 0 Å². The molecule has 3 aromatic carbocycles. The Morgan fingerprint density at radius 3 is 1.15 bits per heavy atom. The third-order valence-electron chi connectivity index (χ3n) is 12.2. The van der Waals surface area contributed by atoms with E-state index in [0.717, 1.165) is 16.2 Å². The zero-order valence-corrected chi connectivity index (χ0v) is 39.6. The van der Waals surface area contributed by atoms with Gasteiger partial charge >= 0.3 is 44.0 Å². The molecule has 3 heteroatoms. The molecule has 2 aliphatic rings. The first-order valence-electron chi connectivity index (χ1n) is 21.7. The Morgan fingerprint density at radius 1 is 0.574 bits per heavy atom. The van der Waals surface area contributed by atoms with Gasteiger partial charge < -0.3 is 0 Å². The summed E-state index contributed by atoms with van der Waals surface area (Å²) in [7, 11) is 4.93. The second-order valence-corrected chi connectivity index (χ2v) is 23.0. The van der Waals surface area contributed by atoms with Gasteiger partial charge in [0.1, 0.15) is 0 Å². The van der Waals surface area contributed by atoms with Crippen molar-refractivity contribution in [3.05, 3.63) is 88.5 Å². The Morgan fingerprint density at radius 2 is 0.907 bits per heavy atom. The molecule has 3 aromatic rings. The number of hydrogen-bond donors (Lipinski definition) is 0. The summed E-state index contributed by atoms with van der Waals surface area (Å²) in [6, 6.07) is 18.1. The number of benzene rings is 3. The number of hydrogen-bond acceptors (Lipinski definition) is 0. The second-order valence-electron chi connectivity index (χ2n) is 18.3. The standard InChI is InChI=1S/C48H71P.C3H5.ClH.Pd/c1-30(2)36-26-42(32(5)6)46(43(27-36)33(7)8)40-24-19-25-41(47-44(34(9)10)28-37(31(3)4)29-45(47)35(11)12)48(40)49(38-20-15-13-16-21-38)39-22-17-14-18-23-39;1-3-2;;/h19,24-35,38-39H,13-18,20-23H2,1-12H3;3H,1-2H2;1H;/q;;;+1/p-1. The molecule has 0 heterocycles. The average molecular weight is 862 g/mol. The zero-order chi connectivity index (χ0) is 39.7. The van der Waals surface area contributed by atoms with Gasteiger partial charge in [-0.05, 0) is 133 Å². The molecule has 0 bridgehead atoms. The molecule has 0 spiro atoms. The van der Waals surface area contributed by atoms with E-state index >= 15 is 0 Å². The van der Waals surface area contributed by atoms with E-state index in [1.165, 1.54) is 75.3 Å². The molecule has 2 aliphatic carbocycles. The van der Waals surface area contributed by atoms with E-state index < -0.39 is 0 Å². The van der Waals surface area contributed by atoms with Crippen molar-refractivity contribution >= 4 is 22.8 Å². The summed E-state index contributed by atoms with van der Waals surface area (Å²) < 4.78 is 0. The summed E-state index contributed by atoms with van der Waals surface area (Å²) in [5.74, 6) is 2.94. The van der Waals surface area contributed by atoms with Crippen LogP contribution in [0.4, 0.5) is 0 Å². The minimum atomic E-state index is -0.348. The molecule has 0 aromatic heterocycles. The van der Waals surface area contributed by atoms with Crippen LogP contribution in [0.5, 0.6) is 0 Å². The molecule has 54 heavy (non-hydrogen) atoms. The topological polar surface area (TPSA) is 0 Å². The summed E-state index contributed by atoms with van der Waals surface area (Å²) in [5, 5.41) is 1.79. The number of halogens is 1. The van der Waals surface area contributed by atoms with Gasteiger partial charge in [-0.3, -0.25) is 0 Å². The molecule has 5 rings (SSSR count). The van der Waals surface area contributed by atoms with Gasteiger partial charge in [0.15, 0.2) is 0 Å². The maximum absolute atomic E-state index is 5.28. The molecule has 2 saturated carbocycles. The zero-order valence-electron chi connectivity index (χ0n) is 36.4. The fraction of sp³-hybridized carbons (Fsp3) is 0.608. The normalized spacial score (nSPS) is 16.1. The molecular formula is C51H76ClPPd. The van der Waals surface area contributed by atoms with Crippen LogP contribution in [0.3, 0.4) is 0 Å². The second kappa shape index (κ2) is 21.5. The van der Waals surface area contributed by atoms with Crippen LogP contribution in [0.25, 0.3) is 22.3 Å². The fourth-order valence-electron chi connectivity index (χ4n) is 9.17. The molecule has 302 valence electrons. The molecule has 0 radical (unpaired) electrons. The van der Waals surface area contributed by atoms with Gasteiger partial charge in [0, 0.05) is 0 Å². The Labute approximate surface area is 347 Å². The van der Waals surface area contributed by atoms with E-state index in [2.05, 4.69) is 132 Å². The molecule has 0 saturated heterocycles. The van der Waals surface area contributed by atoms with Crippen LogP contribution in [0.1, 0.15) is 216 Å². The summed E-state index contributed by atoms with van der Waals surface area (Å²) in [5.41, 5.74) is 17.3. The van der Waals surface area contributed by atoms with Gasteiger partial charge in [-0.15, -0.1) is 0 Å². The van der Waals surface area contributed by atoms with Crippen molar-refractivity contribution in [1.29, 1.82) is 0 Å². The summed E-state index contributed by atoms with van der Waals surface area (Å²) in [6.45, 7) is 32.5. The Balaban J connectivity index is 0.00000122. The monoisotopic (exact) mass is 860 g/mol. The van der Waals surface area contributed by atoms with Crippen LogP contribution in [-0.2, 0) is 17.0 Å². The number of rotatable bonds is 13. The molecule has 0 aliphatic heterocycles. The van der Waals surface area contributed by atoms with Crippen molar-refractivity contribution in [2.75, 3.05) is 0 Å². The molecule has 0 N–H and O–H groups in total. The minimum absolute atomic E-state index is 0.348. The Bertz CT molecular complexity index is 1460. The Kier molecular flexibility index (Phi) is 18.1. The average Bonchev–Trinajstić information content (AvgIpc) is 3.15. The fourth-order valence-corrected chi connectivity index (χ4v) is 13.9. The van der Waals surface area contributed by atoms with Crippen LogP contribution < -0.4 is 5.30 Å². The molecule has 2 fully saturated rings. The third kappa shape index (κ3) is 11.0. The third-order valence-corrected chi connectivity index (χ3v) is 17.0. The van der Waals surface area contributed by atoms with Crippen molar-refractivity contribution in [3.8, 4) is 22.3 Å². The van der Waals surface area contributed by atoms with Crippen molar-refractivity contribution in [2.24, 2.45) is 0 Å². The van der Waals surface area contributed by atoms with Crippen LogP contribution in [0.2, 0.25) is 4.89 Å². The van der Waals surface area contributed by atoms with Gasteiger partial charge in [0.05, 0.1) is 0 Å². The summed E-state index contributed by atoms with van der Waals surface area (Å²) in [4.78, 5) is 0.968. The largest absolute Gasteiger partial charge is 0.0676 e. The van der Waals surface area contributed by atoms with Crippen molar-refractivity contribution in [2.45, 2.75) is 199 Å². The minimum Gasteiger partial charge on any atom is -0.0676 e. The quantitative estimate of drug-likeness (QED) is 0.0912. The van der Waals surface area contributed by atoms with E-state index in [1.54, 1.807) is 49.8 Å². The molecule has 0 atom stereocenters. The van der Waals surface area contributed by atoms with Crippen LogP contribution >= 0.6 is 17.5 Å². The van der Waals surface area contributed by atoms with Gasteiger partial charge in [-0.1, -0.05) is 172 Å². The van der Waals surface area contributed by atoms with Gasteiger partial charge in [0.2, 0.25) is 0 Å².